The van der Waals surface area contributed by atoms with Gasteiger partial charge in [0.05, 0.1) is 25.0 Å². The fourth-order valence-electron chi connectivity index (χ4n) is 1.74. The lowest BCUT2D eigenvalue weighted by molar-refractivity contribution is -0.0472. The third-order valence-corrected chi connectivity index (χ3v) is 2.69. The van der Waals surface area contributed by atoms with Gasteiger partial charge in [-0.2, -0.15) is 0 Å². The van der Waals surface area contributed by atoms with Gasteiger partial charge in [-0.3, -0.25) is 0 Å². The minimum atomic E-state index is -0.548. The van der Waals surface area contributed by atoms with E-state index in [1.54, 1.807) is 0 Å². The van der Waals surface area contributed by atoms with Gasteiger partial charge in [0.25, 0.3) is 0 Å². The Morgan fingerprint density at radius 3 is 2.62 bits per heavy atom. The predicted octanol–water partition coefficient (Wildman–Crippen LogP) is 1.17. The third-order valence-electron chi connectivity index (χ3n) is 2.69. The van der Waals surface area contributed by atoms with Crippen molar-refractivity contribution in [2.24, 2.45) is 5.16 Å². The summed E-state index contributed by atoms with van der Waals surface area (Å²) in [5.74, 6) is 0. The summed E-state index contributed by atoms with van der Waals surface area (Å²) in [7, 11) is 0. The van der Waals surface area contributed by atoms with Crippen LogP contribution in [0.25, 0.3) is 0 Å². The molecule has 1 unspecified atom stereocenters. The first kappa shape index (κ1) is 13.4. The Balaban J connectivity index is 2.10. The van der Waals surface area contributed by atoms with E-state index in [4.69, 9.17) is 14.7 Å². The summed E-state index contributed by atoms with van der Waals surface area (Å²) in [6.07, 6.45) is 2.90. The number of ether oxygens (including phenoxy) is 2. The number of aliphatic hydroxyl groups excluding tert-OH is 1. The van der Waals surface area contributed by atoms with Crippen LogP contribution in [0.3, 0.4) is 0 Å². The first-order valence-corrected chi connectivity index (χ1v) is 5.83. The van der Waals surface area contributed by atoms with Crippen molar-refractivity contribution < 1.29 is 19.8 Å². The highest BCUT2D eigenvalue weighted by Gasteiger charge is 2.19. The van der Waals surface area contributed by atoms with Crippen molar-refractivity contribution in [3.63, 3.8) is 0 Å². The Morgan fingerprint density at radius 1 is 1.38 bits per heavy atom. The summed E-state index contributed by atoms with van der Waals surface area (Å²) in [4.78, 5) is 0. The zero-order valence-corrected chi connectivity index (χ0v) is 9.76. The molecule has 2 N–H and O–H groups in total. The highest BCUT2D eigenvalue weighted by atomic mass is 16.5. The molecule has 1 aliphatic rings. The zero-order chi connectivity index (χ0) is 11.8. The summed E-state index contributed by atoms with van der Waals surface area (Å²) in [5, 5.41) is 21.3. The summed E-state index contributed by atoms with van der Waals surface area (Å²) in [6, 6.07) is 0. The highest BCUT2D eigenvalue weighted by molar-refractivity contribution is 5.84. The smallest absolute Gasteiger partial charge is 0.101 e. The molecule has 94 valence electrons. The second-order valence-electron chi connectivity index (χ2n) is 4.01. The van der Waals surface area contributed by atoms with Gasteiger partial charge in [-0.05, 0) is 32.6 Å². The van der Waals surface area contributed by atoms with Crippen molar-refractivity contribution in [1.82, 2.24) is 0 Å². The van der Waals surface area contributed by atoms with Gasteiger partial charge in [0.1, 0.15) is 6.10 Å². The maximum atomic E-state index is 9.50. The summed E-state index contributed by atoms with van der Waals surface area (Å²) >= 11 is 0. The Kier molecular flexibility index (Phi) is 6.37. The van der Waals surface area contributed by atoms with Crippen molar-refractivity contribution in [2.45, 2.75) is 44.8 Å². The topological polar surface area (TPSA) is 71.3 Å². The fraction of sp³-hybridized carbons (Fsp3) is 0.909. The zero-order valence-electron chi connectivity index (χ0n) is 9.76. The van der Waals surface area contributed by atoms with E-state index in [-0.39, 0.29) is 6.10 Å². The van der Waals surface area contributed by atoms with Crippen LogP contribution in [0.5, 0.6) is 0 Å². The van der Waals surface area contributed by atoms with E-state index in [1.165, 1.54) is 0 Å². The number of hydrogen-bond donors (Lipinski definition) is 2. The molecule has 0 heterocycles. The molecule has 1 aliphatic carbocycles. The largest absolute Gasteiger partial charge is 0.411 e. The molecule has 0 aromatic carbocycles. The predicted molar refractivity (Wildman–Crippen MR) is 59.9 cm³/mol. The maximum Gasteiger partial charge on any atom is 0.101 e. The molecule has 0 amide bonds. The van der Waals surface area contributed by atoms with Gasteiger partial charge in [0.15, 0.2) is 0 Å². The lowest BCUT2D eigenvalue weighted by atomic mass is 9.96. The molecule has 1 saturated carbocycles. The highest BCUT2D eigenvalue weighted by Crippen LogP contribution is 2.19. The summed E-state index contributed by atoms with van der Waals surface area (Å²) in [6.45, 7) is 3.14. The number of rotatable bonds is 6. The lowest BCUT2D eigenvalue weighted by Crippen LogP contribution is -2.28. The standard InChI is InChI=1S/C11H21NO4/c1-2-15-7-10(13)8-16-11-5-3-9(12-14)4-6-11/h10-11,13-14H,2-8H2,1H3. The molecule has 0 saturated heterocycles. The van der Waals surface area contributed by atoms with E-state index in [0.29, 0.717) is 19.8 Å². The van der Waals surface area contributed by atoms with E-state index in [9.17, 15) is 5.11 Å². The lowest BCUT2D eigenvalue weighted by Gasteiger charge is -2.23. The number of aliphatic hydroxyl groups is 1. The minimum absolute atomic E-state index is 0.168. The molecular weight excluding hydrogens is 210 g/mol. The van der Waals surface area contributed by atoms with Crippen LogP contribution in [0.15, 0.2) is 5.16 Å². The van der Waals surface area contributed by atoms with Crippen LogP contribution in [-0.2, 0) is 9.47 Å². The molecular formula is C11H21NO4. The Morgan fingerprint density at radius 2 is 2.06 bits per heavy atom. The van der Waals surface area contributed by atoms with Gasteiger partial charge in [-0.1, -0.05) is 5.16 Å². The van der Waals surface area contributed by atoms with Gasteiger partial charge < -0.3 is 19.8 Å². The van der Waals surface area contributed by atoms with E-state index >= 15 is 0 Å². The van der Waals surface area contributed by atoms with Crippen molar-refractivity contribution in [1.29, 1.82) is 0 Å². The molecule has 5 nitrogen and oxygen atoms in total. The first-order chi connectivity index (χ1) is 7.76. The van der Waals surface area contributed by atoms with Crippen molar-refractivity contribution >= 4 is 5.71 Å². The van der Waals surface area contributed by atoms with Crippen molar-refractivity contribution in [3.05, 3.63) is 0 Å². The SMILES string of the molecule is CCOCC(O)COC1CCC(=NO)CC1. The molecule has 0 aliphatic heterocycles. The van der Waals surface area contributed by atoms with Crippen LogP contribution >= 0.6 is 0 Å². The van der Waals surface area contributed by atoms with Crippen LogP contribution in [0.2, 0.25) is 0 Å². The second kappa shape index (κ2) is 7.60. The number of nitrogens with zero attached hydrogens (tertiary/aromatic N) is 1. The van der Waals surface area contributed by atoms with Crippen molar-refractivity contribution in [3.8, 4) is 0 Å². The van der Waals surface area contributed by atoms with Gasteiger partial charge in [-0.25, -0.2) is 0 Å². The van der Waals surface area contributed by atoms with E-state index in [0.717, 1.165) is 31.4 Å². The van der Waals surface area contributed by atoms with Gasteiger partial charge in [0, 0.05) is 6.61 Å². The van der Waals surface area contributed by atoms with Gasteiger partial charge >= 0.3 is 0 Å². The average Bonchev–Trinajstić information content (AvgIpc) is 2.34. The molecule has 0 spiro atoms. The van der Waals surface area contributed by atoms with Crippen LogP contribution in [0.4, 0.5) is 0 Å². The molecule has 0 bridgehead atoms. The van der Waals surface area contributed by atoms with Gasteiger partial charge in [-0.15, -0.1) is 0 Å². The molecule has 16 heavy (non-hydrogen) atoms. The van der Waals surface area contributed by atoms with Gasteiger partial charge in [0.2, 0.25) is 0 Å². The van der Waals surface area contributed by atoms with Crippen LogP contribution < -0.4 is 0 Å². The quantitative estimate of drug-likeness (QED) is 0.532. The number of oxime groups is 1. The first-order valence-electron chi connectivity index (χ1n) is 5.83. The van der Waals surface area contributed by atoms with Crippen LogP contribution in [0.1, 0.15) is 32.6 Å². The van der Waals surface area contributed by atoms with E-state index < -0.39 is 6.10 Å². The molecule has 5 heteroatoms. The Bertz CT molecular complexity index is 210. The monoisotopic (exact) mass is 231 g/mol. The molecule has 1 rings (SSSR count). The van der Waals surface area contributed by atoms with E-state index in [2.05, 4.69) is 5.16 Å². The molecule has 0 aromatic heterocycles. The molecule has 1 fully saturated rings. The third kappa shape index (κ3) is 4.92. The summed E-state index contributed by atoms with van der Waals surface area (Å²) in [5.41, 5.74) is 0.842. The fourth-order valence-corrected chi connectivity index (χ4v) is 1.74. The molecule has 0 aromatic rings. The van der Waals surface area contributed by atoms with Crippen molar-refractivity contribution in [2.75, 3.05) is 19.8 Å². The molecule has 1 atom stereocenters. The Hall–Kier alpha value is -0.650. The Labute approximate surface area is 96.0 Å². The summed E-state index contributed by atoms with van der Waals surface area (Å²) < 4.78 is 10.7. The number of hydrogen-bond acceptors (Lipinski definition) is 5. The normalized spacial score (nSPS) is 23.1. The maximum absolute atomic E-state index is 9.50. The van der Waals surface area contributed by atoms with E-state index in [1.807, 2.05) is 6.92 Å². The molecule has 0 radical (unpaired) electrons. The van der Waals surface area contributed by atoms with Crippen LogP contribution in [0, 0.1) is 0 Å². The van der Waals surface area contributed by atoms with Crippen LogP contribution in [-0.4, -0.2) is 48.1 Å². The average molecular weight is 231 g/mol. The minimum Gasteiger partial charge on any atom is -0.411 e. The second-order valence-corrected chi connectivity index (χ2v) is 4.01.